The summed E-state index contributed by atoms with van der Waals surface area (Å²) in [5, 5.41) is 20.0. The lowest BCUT2D eigenvalue weighted by Gasteiger charge is -2.57. The van der Waals surface area contributed by atoms with Crippen LogP contribution in [0.3, 0.4) is 0 Å². The number of aliphatic hydroxyl groups is 1. The molecule has 150 valence electrons. The molecule has 1 saturated carbocycles. The number of hydrogen-bond donors (Lipinski definition) is 2. The minimum Gasteiger partial charge on any atom is -0.508 e. The van der Waals surface area contributed by atoms with E-state index in [9.17, 15) is 15.0 Å². The van der Waals surface area contributed by atoms with Gasteiger partial charge in [-0.15, -0.1) is 0 Å². The van der Waals surface area contributed by atoms with Gasteiger partial charge in [-0.2, -0.15) is 0 Å². The SMILES string of the molecule is Cc1c(O)cccc1[C@]1(C)CCN(C(=O)C2CCC(O)CC2)[C@H](C)C1(C)C. The fourth-order valence-electron chi connectivity index (χ4n) is 5.27. The molecule has 1 aromatic rings. The molecule has 2 aliphatic rings. The molecule has 0 aromatic heterocycles. The van der Waals surface area contributed by atoms with E-state index in [1.807, 2.05) is 13.0 Å². The van der Waals surface area contributed by atoms with E-state index in [1.165, 1.54) is 5.56 Å². The van der Waals surface area contributed by atoms with E-state index in [2.05, 4.69) is 38.7 Å². The Bertz CT molecular complexity index is 706. The van der Waals surface area contributed by atoms with Gasteiger partial charge in [0.15, 0.2) is 0 Å². The van der Waals surface area contributed by atoms with Crippen LogP contribution in [0.1, 0.15) is 70.9 Å². The van der Waals surface area contributed by atoms with Crippen molar-refractivity contribution in [3.05, 3.63) is 29.3 Å². The molecular weight excluding hydrogens is 338 g/mol. The van der Waals surface area contributed by atoms with Gasteiger partial charge >= 0.3 is 0 Å². The highest BCUT2D eigenvalue weighted by atomic mass is 16.3. The van der Waals surface area contributed by atoms with E-state index in [0.717, 1.165) is 44.2 Å². The number of piperidine rings is 1. The van der Waals surface area contributed by atoms with Crippen molar-refractivity contribution >= 4 is 5.91 Å². The van der Waals surface area contributed by atoms with Crippen molar-refractivity contribution < 1.29 is 15.0 Å². The van der Waals surface area contributed by atoms with Crippen LogP contribution in [0.4, 0.5) is 0 Å². The van der Waals surface area contributed by atoms with Crippen LogP contribution in [0, 0.1) is 18.3 Å². The van der Waals surface area contributed by atoms with Crippen molar-refractivity contribution in [2.24, 2.45) is 11.3 Å². The maximum absolute atomic E-state index is 13.2. The van der Waals surface area contributed by atoms with E-state index < -0.39 is 0 Å². The van der Waals surface area contributed by atoms with Crippen LogP contribution < -0.4 is 0 Å². The first-order valence-corrected chi connectivity index (χ1v) is 10.4. The molecule has 2 atom stereocenters. The summed E-state index contributed by atoms with van der Waals surface area (Å²) in [6, 6.07) is 5.91. The van der Waals surface area contributed by atoms with E-state index in [-0.39, 0.29) is 34.8 Å². The quantitative estimate of drug-likeness (QED) is 0.818. The zero-order chi connectivity index (χ0) is 20.0. The molecule has 1 aliphatic heterocycles. The summed E-state index contributed by atoms with van der Waals surface area (Å²) in [6.45, 7) is 11.7. The first kappa shape index (κ1) is 20.2. The van der Waals surface area contributed by atoms with Crippen LogP contribution in [0.15, 0.2) is 18.2 Å². The molecule has 1 amide bonds. The lowest BCUT2D eigenvalue weighted by Crippen LogP contribution is -2.61. The largest absolute Gasteiger partial charge is 0.508 e. The topological polar surface area (TPSA) is 60.8 Å². The van der Waals surface area contributed by atoms with Gasteiger partial charge in [0.05, 0.1) is 6.10 Å². The number of amides is 1. The summed E-state index contributed by atoms with van der Waals surface area (Å²) in [5.74, 6) is 0.659. The van der Waals surface area contributed by atoms with E-state index in [4.69, 9.17) is 0 Å². The number of rotatable bonds is 2. The minimum atomic E-state index is -0.235. The van der Waals surface area contributed by atoms with Crippen LogP contribution in [0.5, 0.6) is 5.75 Å². The number of phenolic OH excluding ortho intramolecular Hbond substituents is 1. The fraction of sp³-hybridized carbons (Fsp3) is 0.696. The van der Waals surface area contributed by atoms with Gasteiger partial charge in [0.2, 0.25) is 5.91 Å². The average molecular weight is 374 g/mol. The molecule has 2 fully saturated rings. The van der Waals surface area contributed by atoms with Crippen LogP contribution >= 0.6 is 0 Å². The summed E-state index contributed by atoms with van der Waals surface area (Å²) in [5.41, 5.74) is 1.89. The predicted octanol–water partition coefficient (Wildman–Crippen LogP) is 4.16. The number of aromatic hydroxyl groups is 1. The smallest absolute Gasteiger partial charge is 0.225 e. The number of aliphatic hydroxyl groups excluding tert-OH is 1. The molecule has 1 aliphatic carbocycles. The van der Waals surface area contributed by atoms with Crippen molar-refractivity contribution in [2.75, 3.05) is 6.54 Å². The lowest BCUT2D eigenvalue weighted by atomic mass is 9.55. The number of carbonyl (C=O) groups is 1. The summed E-state index contributed by atoms with van der Waals surface area (Å²) in [7, 11) is 0. The third-order valence-corrected chi connectivity index (χ3v) is 8.02. The number of carbonyl (C=O) groups excluding carboxylic acids is 1. The van der Waals surface area contributed by atoms with E-state index in [1.54, 1.807) is 6.07 Å². The zero-order valence-corrected chi connectivity index (χ0v) is 17.5. The van der Waals surface area contributed by atoms with Crippen molar-refractivity contribution in [1.82, 2.24) is 4.90 Å². The molecule has 1 heterocycles. The van der Waals surface area contributed by atoms with Crippen molar-refractivity contribution in [3.8, 4) is 5.75 Å². The zero-order valence-electron chi connectivity index (χ0n) is 17.5. The third kappa shape index (κ3) is 3.26. The van der Waals surface area contributed by atoms with Gasteiger partial charge in [0.1, 0.15) is 5.75 Å². The average Bonchev–Trinajstić information content (AvgIpc) is 2.63. The number of likely N-dealkylation sites (tertiary alicyclic amines) is 1. The Kier molecular flexibility index (Phi) is 5.33. The number of phenols is 1. The number of hydrogen-bond acceptors (Lipinski definition) is 3. The third-order valence-electron chi connectivity index (χ3n) is 8.02. The summed E-state index contributed by atoms with van der Waals surface area (Å²) in [6.07, 6.45) is 3.72. The highest BCUT2D eigenvalue weighted by Crippen LogP contribution is 2.52. The highest BCUT2D eigenvalue weighted by Gasteiger charge is 2.52. The summed E-state index contributed by atoms with van der Waals surface area (Å²) < 4.78 is 0. The highest BCUT2D eigenvalue weighted by molar-refractivity contribution is 5.79. The van der Waals surface area contributed by atoms with Gasteiger partial charge in [-0.25, -0.2) is 0 Å². The fourth-order valence-corrected chi connectivity index (χ4v) is 5.27. The van der Waals surface area contributed by atoms with Gasteiger partial charge in [-0.1, -0.05) is 32.9 Å². The Labute approximate surface area is 163 Å². The molecule has 1 saturated heterocycles. The van der Waals surface area contributed by atoms with E-state index >= 15 is 0 Å². The Balaban J connectivity index is 1.86. The number of benzene rings is 1. The Hall–Kier alpha value is -1.55. The molecule has 1 aromatic carbocycles. The van der Waals surface area contributed by atoms with Gasteiger partial charge in [0, 0.05) is 23.9 Å². The van der Waals surface area contributed by atoms with E-state index in [0.29, 0.717) is 5.75 Å². The first-order chi connectivity index (χ1) is 12.6. The lowest BCUT2D eigenvalue weighted by molar-refractivity contribution is -0.147. The molecule has 0 unspecified atom stereocenters. The van der Waals surface area contributed by atoms with Crippen molar-refractivity contribution in [1.29, 1.82) is 0 Å². The van der Waals surface area contributed by atoms with Gasteiger partial charge < -0.3 is 15.1 Å². The van der Waals surface area contributed by atoms with Gasteiger partial charge in [-0.05, 0) is 68.6 Å². The van der Waals surface area contributed by atoms with Crippen molar-refractivity contribution in [2.45, 2.75) is 84.3 Å². The molecule has 2 N–H and O–H groups in total. The monoisotopic (exact) mass is 373 g/mol. The maximum Gasteiger partial charge on any atom is 0.225 e. The second-order valence-electron chi connectivity index (χ2n) is 9.47. The van der Waals surface area contributed by atoms with Crippen LogP contribution in [-0.2, 0) is 10.2 Å². The normalized spacial score (nSPS) is 33.7. The first-order valence-electron chi connectivity index (χ1n) is 10.4. The van der Waals surface area contributed by atoms with Crippen LogP contribution in [0.25, 0.3) is 0 Å². The molecule has 0 bridgehead atoms. The standard InChI is InChI=1S/C23H35NO3/c1-15-19(7-6-8-20(15)26)23(5)13-14-24(16(2)22(23,3)4)21(27)17-9-11-18(25)12-10-17/h6-8,16-18,25-26H,9-14H2,1-5H3/t16-,17?,18?,23+/m1/s1. The maximum atomic E-state index is 13.2. The molecule has 4 nitrogen and oxygen atoms in total. The number of nitrogens with zero attached hydrogens (tertiary/aromatic N) is 1. The van der Waals surface area contributed by atoms with Crippen LogP contribution in [-0.4, -0.2) is 39.7 Å². The van der Waals surface area contributed by atoms with Crippen LogP contribution in [0.2, 0.25) is 0 Å². The summed E-state index contributed by atoms with van der Waals surface area (Å²) >= 11 is 0. The van der Waals surface area contributed by atoms with Crippen molar-refractivity contribution in [3.63, 3.8) is 0 Å². The van der Waals surface area contributed by atoms with Gasteiger partial charge in [0.25, 0.3) is 0 Å². The molecule has 4 heteroatoms. The predicted molar refractivity (Wildman–Crippen MR) is 108 cm³/mol. The Morgan fingerprint density at radius 2 is 1.78 bits per heavy atom. The Morgan fingerprint density at radius 1 is 1.15 bits per heavy atom. The second kappa shape index (κ2) is 7.12. The molecule has 27 heavy (non-hydrogen) atoms. The molecular formula is C23H35NO3. The second-order valence-corrected chi connectivity index (χ2v) is 9.47. The minimum absolute atomic E-state index is 0.0542. The van der Waals surface area contributed by atoms with Gasteiger partial charge in [-0.3, -0.25) is 4.79 Å². The molecule has 0 spiro atoms. The molecule has 3 rings (SSSR count). The Morgan fingerprint density at radius 3 is 2.41 bits per heavy atom. The molecule has 0 radical (unpaired) electrons. The summed E-state index contributed by atoms with van der Waals surface area (Å²) in [4.78, 5) is 15.3.